The summed E-state index contributed by atoms with van der Waals surface area (Å²) < 4.78 is 11.1. The molecule has 0 aliphatic rings. The first kappa shape index (κ1) is 18.1. The molecule has 0 saturated carbocycles. The highest BCUT2D eigenvalue weighted by atomic mass is 127. The van der Waals surface area contributed by atoms with E-state index in [0.29, 0.717) is 17.1 Å². The van der Waals surface area contributed by atoms with Crippen molar-refractivity contribution in [2.75, 3.05) is 27.3 Å². The third kappa shape index (κ3) is 5.11. The first-order chi connectivity index (χ1) is 10.5. The number of benzene rings is 1. The van der Waals surface area contributed by atoms with Crippen molar-refractivity contribution in [1.82, 2.24) is 10.6 Å². The summed E-state index contributed by atoms with van der Waals surface area (Å²) in [6.45, 7) is 0.403. The fourth-order valence-corrected chi connectivity index (χ4v) is 2.33. The standard InChI is InChI=1S/C15H17IN2O4/c1-4-6-17-14(19)5-7-18-15(20)10-8-12(21-2)13(22-3)9-11(10)16/h1,8-9H,5-7H2,2-3H3,(H,17,19)(H,18,20). The minimum atomic E-state index is -0.282. The van der Waals surface area contributed by atoms with E-state index in [9.17, 15) is 9.59 Å². The van der Waals surface area contributed by atoms with Gasteiger partial charge in [0.15, 0.2) is 11.5 Å². The fraction of sp³-hybridized carbons (Fsp3) is 0.333. The Morgan fingerprint density at radius 3 is 2.45 bits per heavy atom. The Hall–Kier alpha value is -1.95. The Balaban J connectivity index is 2.66. The lowest BCUT2D eigenvalue weighted by Crippen LogP contribution is -2.31. The van der Waals surface area contributed by atoms with Gasteiger partial charge in [-0.15, -0.1) is 6.42 Å². The number of amides is 2. The molecular weight excluding hydrogens is 399 g/mol. The van der Waals surface area contributed by atoms with Crippen LogP contribution < -0.4 is 20.1 Å². The number of hydrogen-bond donors (Lipinski definition) is 2. The van der Waals surface area contributed by atoms with Crippen molar-refractivity contribution in [1.29, 1.82) is 0 Å². The lowest BCUT2D eigenvalue weighted by molar-refractivity contribution is -0.120. The van der Waals surface area contributed by atoms with Crippen LogP contribution in [0.5, 0.6) is 11.5 Å². The topological polar surface area (TPSA) is 76.7 Å². The number of nitrogens with one attached hydrogen (secondary N) is 2. The number of rotatable bonds is 7. The van der Waals surface area contributed by atoms with Crippen LogP contribution in [-0.2, 0) is 4.79 Å². The van der Waals surface area contributed by atoms with Crippen LogP contribution in [0.2, 0.25) is 0 Å². The third-order valence-corrected chi connectivity index (χ3v) is 3.64. The molecule has 2 amide bonds. The highest BCUT2D eigenvalue weighted by Crippen LogP contribution is 2.31. The smallest absolute Gasteiger partial charge is 0.252 e. The molecule has 6 nitrogen and oxygen atoms in total. The first-order valence-electron chi connectivity index (χ1n) is 6.43. The van der Waals surface area contributed by atoms with E-state index in [-0.39, 0.29) is 31.3 Å². The summed E-state index contributed by atoms with van der Waals surface area (Å²) in [4.78, 5) is 23.5. The lowest BCUT2D eigenvalue weighted by atomic mass is 10.2. The SMILES string of the molecule is C#CCNC(=O)CCNC(=O)c1cc(OC)c(OC)cc1I. The average molecular weight is 416 g/mol. The van der Waals surface area contributed by atoms with Gasteiger partial charge < -0.3 is 20.1 Å². The maximum absolute atomic E-state index is 12.2. The van der Waals surface area contributed by atoms with Crippen molar-refractivity contribution in [3.63, 3.8) is 0 Å². The zero-order valence-corrected chi connectivity index (χ0v) is 14.5. The number of halogens is 1. The molecule has 118 valence electrons. The van der Waals surface area contributed by atoms with E-state index in [0.717, 1.165) is 3.57 Å². The minimum absolute atomic E-state index is 0.164. The van der Waals surface area contributed by atoms with Gasteiger partial charge in [0.05, 0.1) is 26.3 Å². The van der Waals surface area contributed by atoms with Crippen LogP contribution in [0.4, 0.5) is 0 Å². The summed E-state index contributed by atoms with van der Waals surface area (Å²) in [5, 5.41) is 5.21. The number of hydrogen-bond acceptors (Lipinski definition) is 4. The summed E-state index contributed by atoms with van der Waals surface area (Å²) in [5.41, 5.74) is 0.460. The molecule has 7 heteroatoms. The van der Waals surface area contributed by atoms with E-state index < -0.39 is 0 Å². The molecule has 0 bridgehead atoms. The molecule has 0 radical (unpaired) electrons. The number of ether oxygens (including phenoxy) is 2. The van der Waals surface area contributed by atoms with Crippen LogP contribution in [0.1, 0.15) is 16.8 Å². The minimum Gasteiger partial charge on any atom is -0.493 e. The Bertz CT molecular complexity index is 596. The van der Waals surface area contributed by atoms with Crippen LogP contribution >= 0.6 is 22.6 Å². The maximum Gasteiger partial charge on any atom is 0.252 e. The summed E-state index contributed by atoms with van der Waals surface area (Å²) in [5.74, 6) is 2.84. The van der Waals surface area contributed by atoms with E-state index in [2.05, 4.69) is 16.6 Å². The predicted octanol–water partition coefficient (Wildman–Crippen LogP) is 1.18. The zero-order chi connectivity index (χ0) is 16.5. The number of terminal acetylenes is 1. The summed E-state index contributed by atoms with van der Waals surface area (Å²) in [6, 6.07) is 3.32. The van der Waals surface area contributed by atoms with E-state index >= 15 is 0 Å². The van der Waals surface area contributed by atoms with Gasteiger partial charge in [-0.2, -0.15) is 0 Å². The molecule has 0 aliphatic heterocycles. The van der Waals surface area contributed by atoms with Crippen molar-refractivity contribution in [2.24, 2.45) is 0 Å². The second-order valence-corrected chi connectivity index (χ2v) is 5.34. The lowest BCUT2D eigenvalue weighted by Gasteiger charge is -2.12. The average Bonchev–Trinajstić information content (AvgIpc) is 2.52. The molecule has 22 heavy (non-hydrogen) atoms. The fourth-order valence-electron chi connectivity index (χ4n) is 1.65. The Kier molecular flexibility index (Phi) is 7.52. The largest absolute Gasteiger partial charge is 0.493 e. The molecule has 0 fully saturated rings. The van der Waals surface area contributed by atoms with Gasteiger partial charge in [0, 0.05) is 16.5 Å². The van der Waals surface area contributed by atoms with Gasteiger partial charge >= 0.3 is 0 Å². The molecule has 0 aliphatic carbocycles. The molecule has 1 aromatic carbocycles. The van der Waals surface area contributed by atoms with Crippen molar-refractivity contribution in [3.8, 4) is 23.8 Å². The van der Waals surface area contributed by atoms with E-state index in [1.807, 2.05) is 22.6 Å². The highest BCUT2D eigenvalue weighted by molar-refractivity contribution is 14.1. The molecule has 0 aromatic heterocycles. The van der Waals surface area contributed by atoms with Crippen LogP contribution in [0.15, 0.2) is 12.1 Å². The third-order valence-electron chi connectivity index (χ3n) is 2.74. The van der Waals surface area contributed by atoms with Crippen molar-refractivity contribution in [2.45, 2.75) is 6.42 Å². The van der Waals surface area contributed by atoms with Crippen molar-refractivity contribution in [3.05, 3.63) is 21.3 Å². The quantitative estimate of drug-likeness (QED) is 0.517. The Morgan fingerprint density at radius 2 is 1.86 bits per heavy atom. The molecule has 0 atom stereocenters. The number of carbonyl (C=O) groups excluding carboxylic acids is 2. The summed E-state index contributed by atoms with van der Waals surface area (Å²) in [7, 11) is 3.03. The molecule has 0 spiro atoms. The maximum atomic E-state index is 12.2. The van der Waals surface area contributed by atoms with E-state index in [1.165, 1.54) is 14.2 Å². The van der Waals surface area contributed by atoms with Crippen LogP contribution in [0.25, 0.3) is 0 Å². The zero-order valence-electron chi connectivity index (χ0n) is 12.4. The van der Waals surface area contributed by atoms with Gasteiger partial charge in [0.2, 0.25) is 5.91 Å². The molecule has 0 unspecified atom stereocenters. The number of carbonyl (C=O) groups is 2. The molecule has 1 rings (SSSR count). The number of methoxy groups -OCH3 is 2. The van der Waals surface area contributed by atoms with E-state index in [4.69, 9.17) is 15.9 Å². The van der Waals surface area contributed by atoms with Crippen molar-refractivity contribution >= 4 is 34.4 Å². The monoisotopic (exact) mass is 416 g/mol. The summed E-state index contributed by atoms with van der Waals surface area (Å²) in [6.07, 6.45) is 5.20. The molecule has 2 N–H and O–H groups in total. The molecule has 0 heterocycles. The first-order valence-corrected chi connectivity index (χ1v) is 7.51. The van der Waals surface area contributed by atoms with E-state index in [1.54, 1.807) is 12.1 Å². The van der Waals surface area contributed by atoms with Gasteiger partial charge in [-0.05, 0) is 34.7 Å². The van der Waals surface area contributed by atoms with Gasteiger partial charge in [-0.25, -0.2) is 0 Å². The highest BCUT2D eigenvalue weighted by Gasteiger charge is 2.15. The summed E-state index contributed by atoms with van der Waals surface area (Å²) >= 11 is 2.04. The van der Waals surface area contributed by atoms with Gasteiger partial charge in [-0.3, -0.25) is 9.59 Å². The Morgan fingerprint density at radius 1 is 1.23 bits per heavy atom. The Labute approximate surface area is 143 Å². The van der Waals surface area contributed by atoms with Crippen LogP contribution in [0.3, 0.4) is 0 Å². The van der Waals surface area contributed by atoms with Gasteiger partial charge in [0.25, 0.3) is 5.91 Å². The normalized spacial score (nSPS) is 9.55. The second kappa shape index (κ2) is 9.15. The van der Waals surface area contributed by atoms with Gasteiger partial charge in [-0.1, -0.05) is 5.92 Å². The van der Waals surface area contributed by atoms with Crippen LogP contribution in [0, 0.1) is 15.9 Å². The molecule has 0 saturated heterocycles. The predicted molar refractivity (Wildman–Crippen MR) is 91.1 cm³/mol. The molecular formula is C15H17IN2O4. The van der Waals surface area contributed by atoms with Crippen molar-refractivity contribution < 1.29 is 19.1 Å². The molecule has 1 aromatic rings. The van der Waals surface area contributed by atoms with Crippen LogP contribution in [-0.4, -0.2) is 39.1 Å². The second-order valence-electron chi connectivity index (χ2n) is 4.17. The van der Waals surface area contributed by atoms with Gasteiger partial charge in [0.1, 0.15) is 0 Å².